The SMILES string of the molecule is c1ccc(C2(c3ccccc3)c3cc(-c4cccc5c4Sc4cccc6cccc-5c46)ccc3-c3c2ccc2ccccc32)cc1. The van der Waals surface area contributed by atoms with Crippen LogP contribution >= 0.6 is 11.8 Å². The quantitative estimate of drug-likeness (QED) is 0.194. The van der Waals surface area contributed by atoms with Gasteiger partial charge in [-0.1, -0.05) is 169 Å². The van der Waals surface area contributed by atoms with E-state index in [2.05, 4.69) is 170 Å². The Hall–Kier alpha value is -5.37. The largest absolute Gasteiger partial charge is 0.0881 e. The second kappa shape index (κ2) is 9.81. The van der Waals surface area contributed by atoms with Gasteiger partial charge in [-0.15, -0.1) is 0 Å². The molecule has 0 amide bonds. The summed E-state index contributed by atoms with van der Waals surface area (Å²) in [5.41, 5.74) is 12.7. The maximum absolute atomic E-state index is 2.50. The first-order valence-corrected chi connectivity index (χ1v) is 16.8. The lowest BCUT2D eigenvalue weighted by Crippen LogP contribution is -2.28. The van der Waals surface area contributed by atoms with E-state index in [0.29, 0.717) is 0 Å². The van der Waals surface area contributed by atoms with Crippen molar-refractivity contribution < 1.29 is 0 Å². The highest BCUT2D eigenvalue weighted by molar-refractivity contribution is 8.00. The Labute approximate surface area is 273 Å². The third kappa shape index (κ3) is 3.47. The van der Waals surface area contributed by atoms with E-state index in [1.54, 1.807) is 0 Å². The van der Waals surface area contributed by atoms with Gasteiger partial charge in [0.2, 0.25) is 0 Å². The third-order valence-electron chi connectivity index (χ3n) is 10.1. The highest BCUT2D eigenvalue weighted by atomic mass is 32.2. The van der Waals surface area contributed by atoms with E-state index in [-0.39, 0.29) is 0 Å². The summed E-state index contributed by atoms with van der Waals surface area (Å²) in [7, 11) is 0. The van der Waals surface area contributed by atoms with Crippen molar-refractivity contribution in [2.45, 2.75) is 15.2 Å². The van der Waals surface area contributed by atoms with Gasteiger partial charge in [-0.2, -0.15) is 0 Å². The second-order valence-corrected chi connectivity index (χ2v) is 13.4. The van der Waals surface area contributed by atoms with Gasteiger partial charge in [-0.05, 0) is 83.9 Å². The Bertz CT molecular complexity index is 2450. The van der Waals surface area contributed by atoms with Crippen LogP contribution in [0.1, 0.15) is 22.3 Å². The second-order valence-electron chi connectivity index (χ2n) is 12.4. The average molecular weight is 601 g/mol. The Morgan fingerprint density at radius 1 is 0.413 bits per heavy atom. The molecule has 0 radical (unpaired) electrons. The molecule has 1 aliphatic carbocycles. The van der Waals surface area contributed by atoms with Crippen LogP contribution in [0.3, 0.4) is 0 Å². The summed E-state index contributed by atoms with van der Waals surface area (Å²) in [5.74, 6) is 0. The van der Waals surface area contributed by atoms with E-state index in [1.807, 2.05) is 11.8 Å². The number of benzene rings is 8. The minimum atomic E-state index is -0.451. The van der Waals surface area contributed by atoms with Gasteiger partial charge in [-0.3, -0.25) is 0 Å². The molecule has 0 fully saturated rings. The molecule has 1 heteroatoms. The molecule has 0 aromatic heterocycles. The fraction of sp³-hybridized carbons (Fsp3) is 0.0222. The molecule has 0 atom stereocenters. The van der Waals surface area contributed by atoms with Crippen LogP contribution in [0.5, 0.6) is 0 Å². The molecule has 0 unspecified atom stereocenters. The summed E-state index contributed by atoms with van der Waals surface area (Å²) < 4.78 is 0. The predicted molar refractivity (Wildman–Crippen MR) is 194 cm³/mol. The predicted octanol–water partition coefficient (Wildman–Crippen LogP) is 12.2. The molecule has 0 saturated carbocycles. The number of rotatable bonds is 3. The Morgan fingerprint density at radius 3 is 1.87 bits per heavy atom. The lowest BCUT2D eigenvalue weighted by atomic mass is 9.67. The van der Waals surface area contributed by atoms with Crippen LogP contribution in [0.15, 0.2) is 180 Å². The van der Waals surface area contributed by atoms with E-state index < -0.39 is 5.41 Å². The summed E-state index contributed by atoms with van der Waals surface area (Å²) in [5, 5.41) is 5.24. The van der Waals surface area contributed by atoms with Gasteiger partial charge in [0.1, 0.15) is 0 Å². The minimum Gasteiger partial charge on any atom is -0.0881 e. The van der Waals surface area contributed by atoms with Crippen LogP contribution in [0.25, 0.3) is 54.9 Å². The summed E-state index contributed by atoms with van der Waals surface area (Å²) in [6, 6.07) is 63.3. The molecule has 8 aromatic carbocycles. The van der Waals surface area contributed by atoms with Crippen molar-refractivity contribution in [1.82, 2.24) is 0 Å². The molecule has 0 saturated heterocycles. The molecule has 8 aromatic rings. The van der Waals surface area contributed by atoms with E-state index in [9.17, 15) is 0 Å². The van der Waals surface area contributed by atoms with E-state index in [4.69, 9.17) is 0 Å². The van der Waals surface area contributed by atoms with Crippen molar-refractivity contribution in [2.24, 2.45) is 0 Å². The van der Waals surface area contributed by atoms with Crippen LogP contribution in [0.4, 0.5) is 0 Å². The topological polar surface area (TPSA) is 0 Å². The standard InChI is InChI=1S/C45H28S/c1-3-15-32(16-4-1)45(33-17-5-2-6-18-33)39-27-25-29-12-7-8-19-34(29)43(39)38-26-24-31(28-40(38)45)35-20-11-22-37-36-21-9-13-30-14-10-23-41(42(30)36)46-44(35)37/h1-28H. The highest BCUT2D eigenvalue weighted by Crippen LogP contribution is 2.59. The van der Waals surface area contributed by atoms with E-state index in [0.717, 1.165) is 0 Å². The monoisotopic (exact) mass is 600 g/mol. The molecule has 46 heavy (non-hydrogen) atoms. The highest BCUT2D eigenvalue weighted by Gasteiger charge is 2.46. The smallest absolute Gasteiger partial charge is 0.0714 e. The molecule has 214 valence electrons. The van der Waals surface area contributed by atoms with Gasteiger partial charge in [0, 0.05) is 15.2 Å². The molecule has 0 N–H and O–H groups in total. The van der Waals surface area contributed by atoms with Gasteiger partial charge in [0.15, 0.2) is 0 Å². The summed E-state index contributed by atoms with van der Waals surface area (Å²) in [4.78, 5) is 2.66. The van der Waals surface area contributed by atoms with E-state index >= 15 is 0 Å². The number of hydrogen-bond acceptors (Lipinski definition) is 1. The molecule has 10 rings (SSSR count). The first-order chi connectivity index (χ1) is 22.8. The van der Waals surface area contributed by atoms with Gasteiger partial charge in [-0.25, -0.2) is 0 Å². The molecule has 2 aliphatic rings. The zero-order chi connectivity index (χ0) is 30.2. The molecule has 0 nitrogen and oxygen atoms in total. The van der Waals surface area contributed by atoms with Crippen molar-refractivity contribution >= 4 is 33.3 Å². The Kier molecular flexibility index (Phi) is 5.53. The summed E-state index contributed by atoms with van der Waals surface area (Å²) >= 11 is 1.91. The molecular formula is C45H28S. The number of hydrogen-bond donors (Lipinski definition) is 0. The average Bonchev–Trinajstić information content (AvgIpc) is 3.43. The lowest BCUT2D eigenvalue weighted by Gasteiger charge is -2.34. The fourth-order valence-electron chi connectivity index (χ4n) is 8.24. The van der Waals surface area contributed by atoms with Crippen molar-refractivity contribution in [2.75, 3.05) is 0 Å². The third-order valence-corrected chi connectivity index (χ3v) is 11.3. The molecule has 0 spiro atoms. The van der Waals surface area contributed by atoms with Crippen molar-refractivity contribution in [3.05, 3.63) is 192 Å². The van der Waals surface area contributed by atoms with Crippen LogP contribution in [-0.2, 0) is 5.41 Å². The number of fused-ring (bicyclic) bond motifs is 7. The zero-order valence-electron chi connectivity index (χ0n) is 25.1. The van der Waals surface area contributed by atoms with Crippen molar-refractivity contribution in [3.8, 4) is 33.4 Å². The molecule has 1 aliphatic heterocycles. The van der Waals surface area contributed by atoms with Crippen LogP contribution in [-0.4, -0.2) is 0 Å². The van der Waals surface area contributed by atoms with Crippen LogP contribution in [0, 0.1) is 0 Å². The van der Waals surface area contributed by atoms with Gasteiger partial charge >= 0.3 is 0 Å². The summed E-state index contributed by atoms with van der Waals surface area (Å²) in [6.07, 6.45) is 0. The maximum atomic E-state index is 2.50. The molecule has 0 bridgehead atoms. The maximum Gasteiger partial charge on any atom is 0.0714 e. The van der Waals surface area contributed by atoms with Gasteiger partial charge in [0.05, 0.1) is 5.41 Å². The first-order valence-electron chi connectivity index (χ1n) is 15.9. The van der Waals surface area contributed by atoms with Crippen molar-refractivity contribution in [1.29, 1.82) is 0 Å². The van der Waals surface area contributed by atoms with Gasteiger partial charge < -0.3 is 0 Å². The van der Waals surface area contributed by atoms with Crippen LogP contribution < -0.4 is 0 Å². The van der Waals surface area contributed by atoms with Crippen molar-refractivity contribution in [3.63, 3.8) is 0 Å². The van der Waals surface area contributed by atoms with Gasteiger partial charge in [0.25, 0.3) is 0 Å². The molecule has 1 heterocycles. The lowest BCUT2D eigenvalue weighted by molar-refractivity contribution is 0.769. The molecular weight excluding hydrogens is 573 g/mol. The van der Waals surface area contributed by atoms with E-state index in [1.165, 1.54) is 87.0 Å². The normalized spacial score (nSPS) is 13.7. The minimum absolute atomic E-state index is 0.451. The first kappa shape index (κ1) is 25.9. The zero-order valence-corrected chi connectivity index (χ0v) is 25.9. The Balaban J connectivity index is 1.29. The summed E-state index contributed by atoms with van der Waals surface area (Å²) in [6.45, 7) is 0. The Morgan fingerprint density at radius 2 is 1.07 bits per heavy atom. The fourth-order valence-corrected chi connectivity index (χ4v) is 9.52. The van der Waals surface area contributed by atoms with Crippen LogP contribution in [0.2, 0.25) is 0 Å².